The Bertz CT molecular complexity index is 1100. The topological polar surface area (TPSA) is 149 Å². The Labute approximate surface area is 197 Å². The Morgan fingerprint density at radius 2 is 1.79 bits per heavy atom. The molecule has 10 heteroatoms. The molecule has 182 valence electrons. The number of carbonyl (C=O) groups is 4. The molecule has 0 saturated carbocycles. The molecule has 0 radical (unpaired) electrons. The lowest BCUT2D eigenvalue weighted by molar-refractivity contribution is -0.152. The van der Waals surface area contributed by atoms with Gasteiger partial charge in [-0.05, 0) is 44.2 Å². The van der Waals surface area contributed by atoms with E-state index in [-0.39, 0.29) is 18.2 Å². The molecule has 4 unspecified atom stereocenters. The van der Waals surface area contributed by atoms with Crippen LogP contribution in [0.25, 0.3) is 10.9 Å². The number of fused-ring (bicyclic) bond motifs is 1. The van der Waals surface area contributed by atoms with E-state index < -0.39 is 36.0 Å². The highest BCUT2D eigenvalue weighted by molar-refractivity contribution is 5.95. The van der Waals surface area contributed by atoms with Crippen molar-refractivity contribution in [2.45, 2.75) is 63.2 Å². The summed E-state index contributed by atoms with van der Waals surface area (Å²) in [6.07, 6.45) is 4.19. The maximum Gasteiger partial charge on any atom is 0.326 e. The number of amides is 3. The lowest BCUT2D eigenvalue weighted by Crippen LogP contribution is -2.57. The fourth-order valence-electron chi connectivity index (χ4n) is 4.99. The largest absolute Gasteiger partial charge is 0.480 e. The maximum atomic E-state index is 13.7. The molecule has 34 heavy (non-hydrogen) atoms. The van der Waals surface area contributed by atoms with Crippen LogP contribution in [-0.4, -0.2) is 80.8 Å². The Morgan fingerprint density at radius 1 is 1.12 bits per heavy atom. The second-order valence-electron chi connectivity index (χ2n) is 9.13. The van der Waals surface area contributed by atoms with Crippen molar-refractivity contribution in [1.29, 1.82) is 0 Å². The summed E-state index contributed by atoms with van der Waals surface area (Å²) in [5.41, 5.74) is 7.53. The summed E-state index contributed by atoms with van der Waals surface area (Å²) in [7, 11) is 0. The number of nitrogens with two attached hydrogens (primary N) is 1. The first-order valence-electron chi connectivity index (χ1n) is 11.7. The number of H-pyrrole nitrogens is 1. The maximum absolute atomic E-state index is 13.7. The predicted molar refractivity (Wildman–Crippen MR) is 125 cm³/mol. The molecule has 2 aliphatic heterocycles. The van der Waals surface area contributed by atoms with E-state index >= 15 is 0 Å². The normalized spacial score (nSPS) is 22.1. The number of para-hydroxylation sites is 1. The number of carbonyl (C=O) groups excluding carboxylic acids is 3. The fourth-order valence-corrected chi connectivity index (χ4v) is 4.99. The smallest absolute Gasteiger partial charge is 0.326 e. The lowest BCUT2D eigenvalue weighted by atomic mass is 10.0. The Balaban J connectivity index is 1.57. The fraction of sp³-hybridized carbons (Fsp3) is 0.500. The summed E-state index contributed by atoms with van der Waals surface area (Å²) in [5, 5.41) is 13.2. The van der Waals surface area contributed by atoms with Gasteiger partial charge in [-0.25, -0.2) is 4.79 Å². The second kappa shape index (κ2) is 9.84. The van der Waals surface area contributed by atoms with Gasteiger partial charge in [0.2, 0.25) is 17.7 Å². The third-order valence-corrected chi connectivity index (χ3v) is 6.77. The SMILES string of the molecule is CC(N)C(=O)NC(Cc1c[nH]c2ccccc12)C(=O)N1CCCC1C(=O)N1CCCC1C(=O)O. The number of carboxylic acids is 1. The molecular weight excluding hydrogens is 438 g/mol. The molecule has 0 bridgehead atoms. The van der Waals surface area contributed by atoms with E-state index in [1.807, 2.05) is 30.5 Å². The quantitative estimate of drug-likeness (QED) is 0.467. The zero-order valence-electron chi connectivity index (χ0n) is 19.2. The van der Waals surface area contributed by atoms with E-state index in [0.29, 0.717) is 38.8 Å². The van der Waals surface area contributed by atoms with Gasteiger partial charge in [0.25, 0.3) is 0 Å². The van der Waals surface area contributed by atoms with Crippen LogP contribution in [0.2, 0.25) is 0 Å². The molecule has 10 nitrogen and oxygen atoms in total. The number of aromatic nitrogens is 1. The van der Waals surface area contributed by atoms with E-state index in [2.05, 4.69) is 10.3 Å². The molecule has 2 fully saturated rings. The van der Waals surface area contributed by atoms with E-state index in [1.165, 1.54) is 9.80 Å². The van der Waals surface area contributed by atoms with Crippen molar-refractivity contribution < 1.29 is 24.3 Å². The number of benzene rings is 1. The van der Waals surface area contributed by atoms with Gasteiger partial charge in [0, 0.05) is 36.6 Å². The third-order valence-electron chi connectivity index (χ3n) is 6.77. The molecule has 2 aromatic rings. The number of aromatic amines is 1. The van der Waals surface area contributed by atoms with Crippen molar-refractivity contribution in [2.24, 2.45) is 5.73 Å². The van der Waals surface area contributed by atoms with Crippen LogP contribution in [0.1, 0.15) is 38.2 Å². The molecule has 0 aliphatic carbocycles. The first kappa shape index (κ1) is 23.7. The molecular formula is C24H31N5O5. The van der Waals surface area contributed by atoms with Gasteiger partial charge in [0.15, 0.2) is 0 Å². The Hall–Kier alpha value is -3.40. The second-order valence-corrected chi connectivity index (χ2v) is 9.13. The van der Waals surface area contributed by atoms with Crippen molar-refractivity contribution in [3.63, 3.8) is 0 Å². The van der Waals surface area contributed by atoms with Crippen LogP contribution >= 0.6 is 0 Å². The molecule has 3 amide bonds. The number of aliphatic carboxylic acids is 1. The minimum atomic E-state index is -1.02. The molecule has 0 spiro atoms. The Kier molecular flexibility index (Phi) is 6.87. The Morgan fingerprint density at radius 3 is 2.50 bits per heavy atom. The molecule has 5 N–H and O–H groups in total. The first-order valence-corrected chi connectivity index (χ1v) is 11.7. The third kappa shape index (κ3) is 4.63. The molecule has 4 atom stereocenters. The molecule has 3 heterocycles. The van der Waals surface area contributed by atoms with E-state index in [9.17, 15) is 24.3 Å². The summed E-state index contributed by atoms with van der Waals surface area (Å²) in [5.74, 6) is -2.17. The highest BCUT2D eigenvalue weighted by atomic mass is 16.4. The van der Waals surface area contributed by atoms with Crippen molar-refractivity contribution in [2.75, 3.05) is 13.1 Å². The van der Waals surface area contributed by atoms with Crippen LogP contribution < -0.4 is 11.1 Å². The summed E-state index contributed by atoms with van der Waals surface area (Å²) >= 11 is 0. The van der Waals surface area contributed by atoms with Crippen LogP contribution in [-0.2, 0) is 25.6 Å². The van der Waals surface area contributed by atoms with E-state index in [1.54, 1.807) is 6.92 Å². The summed E-state index contributed by atoms with van der Waals surface area (Å²) in [6, 6.07) is 4.40. The summed E-state index contributed by atoms with van der Waals surface area (Å²) < 4.78 is 0. The van der Waals surface area contributed by atoms with Crippen LogP contribution in [0, 0.1) is 0 Å². The molecule has 4 rings (SSSR count). The van der Waals surface area contributed by atoms with Crippen LogP contribution in [0.4, 0.5) is 0 Å². The standard InChI is InChI=1S/C24H31N5O5/c1-14(25)21(30)27-18(12-15-13-26-17-7-3-2-6-16(15)17)22(31)28-10-4-8-19(28)23(32)29-11-5-9-20(29)24(33)34/h2-3,6-7,13-14,18-20,26H,4-5,8-12,25H2,1H3,(H,27,30)(H,33,34). The van der Waals surface area contributed by atoms with Gasteiger partial charge < -0.3 is 30.9 Å². The van der Waals surface area contributed by atoms with Gasteiger partial charge >= 0.3 is 5.97 Å². The van der Waals surface area contributed by atoms with Crippen LogP contribution in [0.5, 0.6) is 0 Å². The van der Waals surface area contributed by atoms with Crippen molar-refractivity contribution in [3.05, 3.63) is 36.0 Å². The molecule has 2 saturated heterocycles. The van der Waals surface area contributed by atoms with Crippen LogP contribution in [0.3, 0.4) is 0 Å². The number of carboxylic acid groups (broad SMARTS) is 1. The molecule has 1 aromatic carbocycles. The highest BCUT2D eigenvalue weighted by Gasteiger charge is 2.43. The highest BCUT2D eigenvalue weighted by Crippen LogP contribution is 2.27. The lowest BCUT2D eigenvalue weighted by Gasteiger charge is -2.32. The molecule has 2 aliphatic rings. The average molecular weight is 470 g/mol. The van der Waals surface area contributed by atoms with Gasteiger partial charge in [-0.1, -0.05) is 18.2 Å². The van der Waals surface area contributed by atoms with Crippen molar-refractivity contribution in [1.82, 2.24) is 20.1 Å². The van der Waals surface area contributed by atoms with Gasteiger partial charge in [-0.15, -0.1) is 0 Å². The van der Waals surface area contributed by atoms with Gasteiger partial charge in [0.1, 0.15) is 18.1 Å². The van der Waals surface area contributed by atoms with Crippen molar-refractivity contribution in [3.8, 4) is 0 Å². The number of likely N-dealkylation sites (tertiary alicyclic amines) is 2. The minimum absolute atomic E-state index is 0.236. The van der Waals surface area contributed by atoms with Crippen LogP contribution in [0.15, 0.2) is 30.5 Å². The van der Waals surface area contributed by atoms with Gasteiger partial charge in [0.05, 0.1) is 6.04 Å². The van der Waals surface area contributed by atoms with E-state index in [4.69, 9.17) is 5.73 Å². The number of hydrogen-bond donors (Lipinski definition) is 4. The summed E-state index contributed by atoms with van der Waals surface area (Å²) in [4.78, 5) is 57.1. The monoisotopic (exact) mass is 469 g/mol. The number of rotatable bonds is 7. The molecule has 1 aromatic heterocycles. The number of nitrogens with zero attached hydrogens (tertiary/aromatic N) is 2. The zero-order chi connectivity index (χ0) is 24.4. The number of nitrogens with one attached hydrogen (secondary N) is 2. The zero-order valence-corrected chi connectivity index (χ0v) is 19.2. The minimum Gasteiger partial charge on any atom is -0.480 e. The van der Waals surface area contributed by atoms with Crippen molar-refractivity contribution >= 4 is 34.6 Å². The number of hydrogen-bond acceptors (Lipinski definition) is 5. The average Bonchev–Trinajstić information content (AvgIpc) is 3.57. The van der Waals surface area contributed by atoms with Gasteiger partial charge in [-0.2, -0.15) is 0 Å². The van der Waals surface area contributed by atoms with Gasteiger partial charge in [-0.3, -0.25) is 14.4 Å². The first-order chi connectivity index (χ1) is 16.3. The van der Waals surface area contributed by atoms with E-state index in [0.717, 1.165) is 16.5 Å². The summed E-state index contributed by atoms with van der Waals surface area (Å²) in [6.45, 7) is 2.29. The predicted octanol–water partition coefficient (Wildman–Crippen LogP) is 0.609.